The molecule has 1 nitrogen and oxygen atoms in total. The van der Waals surface area contributed by atoms with Gasteiger partial charge in [-0.1, -0.05) is 13.8 Å². The molecule has 0 rings (SSSR count). The van der Waals surface area contributed by atoms with Crippen LogP contribution in [0.4, 0.5) is 0 Å². The average Bonchev–Trinajstić information content (AvgIpc) is 1.80. The first-order valence-corrected chi connectivity index (χ1v) is 4.17. The third-order valence-electron chi connectivity index (χ3n) is 1.17. The lowest BCUT2D eigenvalue weighted by molar-refractivity contribution is 0.639. The monoisotopic (exact) mass is 147 g/mol. The Kier molecular flexibility index (Phi) is 6.65. The van der Waals surface area contributed by atoms with Gasteiger partial charge in [-0.2, -0.15) is 12.6 Å². The molecule has 0 fully saturated rings. The molecule has 56 valence electrons. The topological polar surface area (TPSA) is 12.0 Å². The lowest BCUT2D eigenvalue weighted by Crippen LogP contribution is -2.17. The summed E-state index contributed by atoms with van der Waals surface area (Å²) in [6.45, 7) is 6.55. The summed E-state index contributed by atoms with van der Waals surface area (Å²) >= 11 is 4.26. The van der Waals surface area contributed by atoms with E-state index in [2.05, 4.69) is 31.8 Å². The maximum absolute atomic E-state index is 4.26. The van der Waals surface area contributed by atoms with Crippen LogP contribution in [-0.2, 0) is 0 Å². The highest BCUT2D eigenvalue weighted by molar-refractivity contribution is 7.80. The molecule has 0 aromatic rings. The standard InChI is InChI=1S/C7H17NS/c1-3-5-8-6-4-7(2)9/h7-9H,3-6H2,1-2H3. The molecular formula is C7H17NS. The van der Waals surface area contributed by atoms with Crippen molar-refractivity contribution in [2.45, 2.75) is 31.9 Å². The van der Waals surface area contributed by atoms with Crippen LogP contribution in [0.3, 0.4) is 0 Å². The fourth-order valence-electron chi connectivity index (χ4n) is 0.613. The van der Waals surface area contributed by atoms with Gasteiger partial charge < -0.3 is 5.32 Å². The largest absolute Gasteiger partial charge is 0.317 e. The minimum Gasteiger partial charge on any atom is -0.317 e. The van der Waals surface area contributed by atoms with Crippen LogP contribution in [0, 0.1) is 0 Å². The van der Waals surface area contributed by atoms with Crippen LogP contribution in [0.1, 0.15) is 26.7 Å². The zero-order valence-electron chi connectivity index (χ0n) is 6.35. The van der Waals surface area contributed by atoms with E-state index in [1.165, 1.54) is 12.8 Å². The highest BCUT2D eigenvalue weighted by Crippen LogP contribution is 1.96. The summed E-state index contributed by atoms with van der Waals surface area (Å²) in [6, 6.07) is 0. The maximum atomic E-state index is 4.26. The molecule has 0 saturated heterocycles. The van der Waals surface area contributed by atoms with Crippen LogP contribution in [0.2, 0.25) is 0 Å². The van der Waals surface area contributed by atoms with Gasteiger partial charge in [0.05, 0.1) is 0 Å². The molecule has 0 saturated carbocycles. The van der Waals surface area contributed by atoms with Gasteiger partial charge in [-0.15, -0.1) is 0 Å². The summed E-state index contributed by atoms with van der Waals surface area (Å²) in [5, 5.41) is 3.85. The second-order valence-electron chi connectivity index (χ2n) is 2.39. The van der Waals surface area contributed by atoms with Crippen molar-refractivity contribution >= 4 is 12.6 Å². The normalized spacial score (nSPS) is 13.7. The average molecular weight is 147 g/mol. The van der Waals surface area contributed by atoms with Gasteiger partial charge in [-0.3, -0.25) is 0 Å². The van der Waals surface area contributed by atoms with Gasteiger partial charge in [0.1, 0.15) is 0 Å². The van der Waals surface area contributed by atoms with E-state index >= 15 is 0 Å². The molecule has 9 heavy (non-hydrogen) atoms. The van der Waals surface area contributed by atoms with Gasteiger partial charge in [0.25, 0.3) is 0 Å². The second kappa shape index (κ2) is 6.43. The molecule has 0 heterocycles. The van der Waals surface area contributed by atoms with Gasteiger partial charge in [-0.05, 0) is 25.9 Å². The number of hydrogen-bond donors (Lipinski definition) is 2. The molecule has 0 aliphatic rings. The fourth-order valence-corrected chi connectivity index (χ4v) is 0.742. The van der Waals surface area contributed by atoms with Crippen LogP contribution in [0.15, 0.2) is 0 Å². The van der Waals surface area contributed by atoms with E-state index in [0.29, 0.717) is 5.25 Å². The number of thiol groups is 1. The predicted octanol–water partition coefficient (Wildman–Crippen LogP) is 1.69. The van der Waals surface area contributed by atoms with E-state index < -0.39 is 0 Å². The molecule has 1 atom stereocenters. The third kappa shape index (κ3) is 8.31. The van der Waals surface area contributed by atoms with Crippen LogP contribution in [-0.4, -0.2) is 18.3 Å². The number of rotatable bonds is 5. The Hall–Kier alpha value is 0.310. The highest BCUT2D eigenvalue weighted by atomic mass is 32.1. The van der Waals surface area contributed by atoms with Crippen molar-refractivity contribution < 1.29 is 0 Å². The third-order valence-corrected chi connectivity index (χ3v) is 1.42. The van der Waals surface area contributed by atoms with Crippen LogP contribution < -0.4 is 5.32 Å². The first kappa shape index (κ1) is 9.31. The molecule has 0 amide bonds. The van der Waals surface area contributed by atoms with Gasteiger partial charge in [0, 0.05) is 5.25 Å². The molecule has 2 heteroatoms. The Bertz CT molecular complexity index is 54.9. The van der Waals surface area contributed by atoms with E-state index in [4.69, 9.17) is 0 Å². The molecule has 0 aromatic carbocycles. The Morgan fingerprint density at radius 3 is 2.56 bits per heavy atom. The van der Waals surface area contributed by atoms with Crippen molar-refractivity contribution in [1.82, 2.24) is 5.32 Å². The first-order valence-electron chi connectivity index (χ1n) is 3.66. The summed E-state index contributed by atoms with van der Waals surface area (Å²) in [4.78, 5) is 0. The van der Waals surface area contributed by atoms with Crippen molar-refractivity contribution in [2.24, 2.45) is 0 Å². The van der Waals surface area contributed by atoms with Crippen molar-refractivity contribution in [2.75, 3.05) is 13.1 Å². The molecule has 0 bridgehead atoms. The zero-order chi connectivity index (χ0) is 7.11. The summed E-state index contributed by atoms with van der Waals surface area (Å²) in [5.74, 6) is 0. The molecule has 0 aliphatic carbocycles. The van der Waals surface area contributed by atoms with E-state index in [1.807, 2.05) is 0 Å². The smallest absolute Gasteiger partial charge is 0.0000480 e. The Morgan fingerprint density at radius 1 is 1.44 bits per heavy atom. The van der Waals surface area contributed by atoms with Gasteiger partial charge in [-0.25, -0.2) is 0 Å². The molecule has 1 unspecified atom stereocenters. The number of nitrogens with one attached hydrogen (secondary N) is 1. The maximum Gasteiger partial charge on any atom is 0.0000480 e. The van der Waals surface area contributed by atoms with Gasteiger partial charge in [0.2, 0.25) is 0 Å². The molecular weight excluding hydrogens is 130 g/mol. The fraction of sp³-hybridized carbons (Fsp3) is 1.00. The summed E-state index contributed by atoms with van der Waals surface area (Å²) in [5.41, 5.74) is 0. The second-order valence-corrected chi connectivity index (χ2v) is 3.27. The van der Waals surface area contributed by atoms with E-state index in [9.17, 15) is 0 Å². The van der Waals surface area contributed by atoms with E-state index in [0.717, 1.165) is 13.1 Å². The van der Waals surface area contributed by atoms with Crippen molar-refractivity contribution in [3.8, 4) is 0 Å². The predicted molar refractivity (Wildman–Crippen MR) is 46.2 cm³/mol. The minimum absolute atomic E-state index is 0.536. The molecule has 0 aromatic heterocycles. The molecule has 0 spiro atoms. The van der Waals surface area contributed by atoms with Crippen molar-refractivity contribution in [3.05, 3.63) is 0 Å². The lowest BCUT2D eigenvalue weighted by atomic mass is 10.3. The first-order chi connectivity index (χ1) is 4.27. The van der Waals surface area contributed by atoms with Crippen LogP contribution in [0.5, 0.6) is 0 Å². The van der Waals surface area contributed by atoms with Gasteiger partial charge >= 0.3 is 0 Å². The molecule has 0 aliphatic heterocycles. The van der Waals surface area contributed by atoms with E-state index in [1.54, 1.807) is 0 Å². The molecule has 0 radical (unpaired) electrons. The van der Waals surface area contributed by atoms with Crippen LogP contribution in [0.25, 0.3) is 0 Å². The van der Waals surface area contributed by atoms with Crippen LogP contribution >= 0.6 is 12.6 Å². The van der Waals surface area contributed by atoms with Gasteiger partial charge in [0.15, 0.2) is 0 Å². The number of hydrogen-bond acceptors (Lipinski definition) is 2. The summed E-state index contributed by atoms with van der Waals surface area (Å²) in [6.07, 6.45) is 2.39. The SMILES string of the molecule is CCCNCCC(C)S. The highest BCUT2D eigenvalue weighted by Gasteiger charge is 1.91. The Morgan fingerprint density at radius 2 is 2.11 bits per heavy atom. The summed E-state index contributed by atoms with van der Waals surface area (Å²) < 4.78 is 0. The summed E-state index contributed by atoms with van der Waals surface area (Å²) in [7, 11) is 0. The quantitative estimate of drug-likeness (QED) is 0.445. The molecule has 1 N–H and O–H groups in total. The Labute approximate surface area is 63.6 Å². The zero-order valence-corrected chi connectivity index (χ0v) is 7.25. The van der Waals surface area contributed by atoms with Crippen molar-refractivity contribution in [3.63, 3.8) is 0 Å². The minimum atomic E-state index is 0.536. The van der Waals surface area contributed by atoms with Crippen molar-refractivity contribution in [1.29, 1.82) is 0 Å². The Balaban J connectivity index is 2.75. The lowest BCUT2D eigenvalue weighted by Gasteiger charge is -2.03. The van der Waals surface area contributed by atoms with E-state index in [-0.39, 0.29) is 0 Å².